The number of thiophene rings is 1. The van der Waals surface area contributed by atoms with Gasteiger partial charge in [0.25, 0.3) is 5.91 Å². The molecule has 2 aliphatic carbocycles. The van der Waals surface area contributed by atoms with Crippen molar-refractivity contribution in [3.05, 3.63) is 4.88 Å². The van der Waals surface area contributed by atoms with E-state index in [0.717, 1.165) is 29.3 Å². The molecule has 1 aromatic heterocycles. The first-order chi connectivity index (χ1) is 9.52. The second-order valence-electron chi connectivity index (χ2n) is 6.12. The van der Waals surface area contributed by atoms with E-state index in [-0.39, 0.29) is 5.91 Å². The highest BCUT2D eigenvalue weighted by Gasteiger charge is 2.37. The minimum atomic E-state index is -0.0176. The Morgan fingerprint density at radius 3 is 2.75 bits per heavy atom. The second-order valence-corrected chi connectivity index (χ2v) is 7.96. The van der Waals surface area contributed by atoms with Gasteiger partial charge in [-0.2, -0.15) is 0 Å². The highest BCUT2D eigenvalue weighted by atomic mass is 32.2. The van der Waals surface area contributed by atoms with Gasteiger partial charge in [-0.15, -0.1) is 23.1 Å². The Bertz CT molecular complexity index is 533. The predicted molar refractivity (Wildman–Crippen MR) is 86.8 cm³/mol. The van der Waals surface area contributed by atoms with Crippen molar-refractivity contribution in [3.8, 4) is 0 Å². The van der Waals surface area contributed by atoms with E-state index in [4.69, 9.17) is 5.73 Å². The summed E-state index contributed by atoms with van der Waals surface area (Å²) in [5.41, 5.74) is 7.22. The normalized spacial score (nSPS) is 19.7. The largest absolute Gasteiger partial charge is 0.396 e. The van der Waals surface area contributed by atoms with Crippen LogP contribution in [0.25, 0.3) is 0 Å². The number of carbonyl (C=O) groups excluding carboxylic acids is 1. The molecule has 6 heteroatoms. The SMILES string of the molecule is CSc1c(NCC2(C)CC2)sc(C(=O)NC2CC2)c1N. The van der Waals surface area contributed by atoms with Gasteiger partial charge in [-0.25, -0.2) is 0 Å². The van der Waals surface area contributed by atoms with Crippen LogP contribution in [-0.2, 0) is 0 Å². The van der Waals surface area contributed by atoms with E-state index in [1.54, 1.807) is 11.8 Å². The third-order valence-electron chi connectivity index (χ3n) is 4.00. The molecule has 2 fully saturated rings. The lowest BCUT2D eigenvalue weighted by Crippen LogP contribution is -2.25. The van der Waals surface area contributed by atoms with Crippen LogP contribution in [0.3, 0.4) is 0 Å². The zero-order valence-corrected chi connectivity index (χ0v) is 13.5. The zero-order chi connectivity index (χ0) is 14.3. The van der Waals surface area contributed by atoms with E-state index >= 15 is 0 Å². The van der Waals surface area contributed by atoms with Gasteiger partial charge in [0.2, 0.25) is 0 Å². The van der Waals surface area contributed by atoms with Gasteiger partial charge in [-0.1, -0.05) is 6.92 Å². The first-order valence-electron chi connectivity index (χ1n) is 7.03. The van der Waals surface area contributed by atoms with E-state index in [1.807, 2.05) is 6.26 Å². The molecule has 0 unspecified atom stereocenters. The van der Waals surface area contributed by atoms with Crippen LogP contribution in [0.15, 0.2) is 4.90 Å². The number of carbonyl (C=O) groups is 1. The van der Waals surface area contributed by atoms with Gasteiger partial charge >= 0.3 is 0 Å². The van der Waals surface area contributed by atoms with Crippen molar-refractivity contribution in [1.29, 1.82) is 0 Å². The monoisotopic (exact) mass is 311 g/mol. The number of anilines is 2. The molecule has 3 rings (SSSR count). The lowest BCUT2D eigenvalue weighted by molar-refractivity contribution is 0.0956. The van der Waals surface area contributed by atoms with E-state index in [2.05, 4.69) is 17.6 Å². The summed E-state index contributed by atoms with van der Waals surface area (Å²) < 4.78 is 0. The first-order valence-corrected chi connectivity index (χ1v) is 9.07. The Morgan fingerprint density at radius 1 is 1.50 bits per heavy atom. The molecule has 0 spiro atoms. The minimum Gasteiger partial charge on any atom is -0.396 e. The first kappa shape index (κ1) is 14.1. The molecule has 1 amide bonds. The molecule has 0 radical (unpaired) electrons. The highest BCUT2D eigenvalue weighted by Crippen LogP contribution is 2.47. The van der Waals surface area contributed by atoms with Gasteiger partial charge < -0.3 is 16.4 Å². The third kappa shape index (κ3) is 2.91. The summed E-state index contributed by atoms with van der Waals surface area (Å²) in [7, 11) is 0. The molecule has 0 saturated heterocycles. The molecule has 0 aromatic carbocycles. The topological polar surface area (TPSA) is 67.2 Å². The second kappa shape index (κ2) is 5.15. The quantitative estimate of drug-likeness (QED) is 0.706. The van der Waals surface area contributed by atoms with Gasteiger partial charge in [-0.3, -0.25) is 4.79 Å². The molecule has 0 atom stereocenters. The van der Waals surface area contributed by atoms with Crippen LogP contribution in [0, 0.1) is 5.41 Å². The van der Waals surface area contributed by atoms with Crippen LogP contribution in [0.5, 0.6) is 0 Å². The van der Waals surface area contributed by atoms with E-state index in [0.29, 0.717) is 22.0 Å². The lowest BCUT2D eigenvalue weighted by atomic mass is 10.1. The summed E-state index contributed by atoms with van der Waals surface area (Å²) >= 11 is 3.10. The van der Waals surface area contributed by atoms with Crippen molar-refractivity contribution in [2.24, 2.45) is 5.41 Å². The number of nitrogens with two attached hydrogens (primary N) is 1. The molecule has 0 bridgehead atoms. The average Bonchev–Trinajstić information content (AvgIpc) is 3.32. The maximum atomic E-state index is 12.2. The highest BCUT2D eigenvalue weighted by molar-refractivity contribution is 7.99. The summed E-state index contributed by atoms with van der Waals surface area (Å²) in [6.07, 6.45) is 6.76. The van der Waals surface area contributed by atoms with Crippen LogP contribution in [0.2, 0.25) is 0 Å². The van der Waals surface area contributed by atoms with E-state index in [9.17, 15) is 4.79 Å². The molecular weight excluding hydrogens is 290 g/mol. The summed E-state index contributed by atoms with van der Waals surface area (Å²) in [5.74, 6) is -0.0176. The molecule has 4 N–H and O–H groups in total. The number of thioether (sulfide) groups is 1. The zero-order valence-electron chi connectivity index (χ0n) is 11.9. The number of hydrogen-bond acceptors (Lipinski definition) is 5. The van der Waals surface area contributed by atoms with Crippen LogP contribution in [0.4, 0.5) is 10.7 Å². The standard InChI is InChI=1S/C14H21N3OS2/c1-14(5-6-14)7-16-13-11(19-2)9(15)10(20-13)12(18)17-8-3-4-8/h8,16H,3-7,15H2,1-2H3,(H,17,18). The lowest BCUT2D eigenvalue weighted by Gasteiger charge is -2.10. The summed E-state index contributed by atoms with van der Waals surface area (Å²) in [6, 6.07) is 0.364. The Kier molecular flexibility index (Phi) is 3.62. The fourth-order valence-corrected chi connectivity index (χ4v) is 4.01. The van der Waals surface area contributed by atoms with Crippen molar-refractivity contribution >= 4 is 39.7 Å². The van der Waals surface area contributed by atoms with Crippen LogP contribution in [0.1, 0.15) is 42.3 Å². The maximum absolute atomic E-state index is 12.2. The van der Waals surface area contributed by atoms with Crippen LogP contribution >= 0.6 is 23.1 Å². The number of rotatable bonds is 6. The van der Waals surface area contributed by atoms with Crippen molar-refractivity contribution in [2.45, 2.75) is 43.5 Å². The summed E-state index contributed by atoms with van der Waals surface area (Å²) in [6.45, 7) is 3.25. The number of nitrogens with one attached hydrogen (secondary N) is 2. The molecule has 2 aliphatic rings. The number of nitrogen functional groups attached to an aromatic ring is 1. The molecule has 1 aromatic rings. The molecule has 0 aliphatic heterocycles. The summed E-state index contributed by atoms with van der Waals surface area (Å²) in [5, 5.41) is 7.55. The maximum Gasteiger partial charge on any atom is 0.263 e. The molecular formula is C14H21N3OS2. The molecule has 2 saturated carbocycles. The smallest absolute Gasteiger partial charge is 0.263 e. The molecule has 1 heterocycles. The number of hydrogen-bond donors (Lipinski definition) is 3. The predicted octanol–water partition coefficient (Wildman–Crippen LogP) is 3.16. The van der Waals surface area contributed by atoms with Crippen LogP contribution < -0.4 is 16.4 Å². The van der Waals surface area contributed by atoms with Crippen molar-refractivity contribution in [2.75, 3.05) is 23.9 Å². The van der Waals surface area contributed by atoms with Crippen LogP contribution in [-0.4, -0.2) is 24.7 Å². The Morgan fingerprint density at radius 2 is 2.20 bits per heavy atom. The molecule has 4 nitrogen and oxygen atoms in total. The fourth-order valence-electron chi connectivity index (χ4n) is 2.08. The summed E-state index contributed by atoms with van der Waals surface area (Å²) in [4.78, 5) is 13.9. The molecule has 20 heavy (non-hydrogen) atoms. The van der Waals surface area contributed by atoms with E-state index in [1.165, 1.54) is 24.2 Å². The Hall–Kier alpha value is -0.880. The van der Waals surface area contributed by atoms with Crippen molar-refractivity contribution < 1.29 is 4.79 Å². The van der Waals surface area contributed by atoms with Gasteiger partial charge in [0.1, 0.15) is 9.88 Å². The Labute approximate surface area is 127 Å². The third-order valence-corrected chi connectivity index (χ3v) is 6.13. The fraction of sp³-hybridized carbons (Fsp3) is 0.643. The Balaban J connectivity index is 1.76. The molecule has 110 valence electrons. The van der Waals surface area contributed by atoms with E-state index < -0.39 is 0 Å². The van der Waals surface area contributed by atoms with Gasteiger partial charge in [0, 0.05) is 12.6 Å². The minimum absolute atomic E-state index is 0.0176. The average molecular weight is 311 g/mol. The van der Waals surface area contributed by atoms with Gasteiger partial charge in [0.15, 0.2) is 0 Å². The van der Waals surface area contributed by atoms with Gasteiger partial charge in [0.05, 0.1) is 10.6 Å². The van der Waals surface area contributed by atoms with Crippen molar-refractivity contribution in [1.82, 2.24) is 5.32 Å². The van der Waals surface area contributed by atoms with Crippen molar-refractivity contribution in [3.63, 3.8) is 0 Å². The van der Waals surface area contributed by atoms with Gasteiger partial charge in [-0.05, 0) is 37.4 Å². The number of amides is 1.